The molecule has 6 heteroatoms. The van der Waals surface area contributed by atoms with Gasteiger partial charge in [-0.15, -0.1) is 0 Å². The highest BCUT2D eigenvalue weighted by atomic mass is 19.1. The third kappa shape index (κ3) is 3.89. The van der Waals surface area contributed by atoms with Gasteiger partial charge in [0.05, 0.1) is 17.9 Å². The van der Waals surface area contributed by atoms with Gasteiger partial charge in [0.2, 0.25) is 0 Å². The van der Waals surface area contributed by atoms with Crippen molar-refractivity contribution in [1.29, 1.82) is 0 Å². The maximum atomic E-state index is 13.7. The van der Waals surface area contributed by atoms with E-state index in [0.29, 0.717) is 26.3 Å². The largest absolute Gasteiger partial charge is 0.396 e. The van der Waals surface area contributed by atoms with Crippen LogP contribution in [-0.2, 0) is 4.74 Å². The number of nitrogens with two attached hydrogens (primary N) is 1. The summed E-state index contributed by atoms with van der Waals surface area (Å²) >= 11 is 0. The van der Waals surface area contributed by atoms with E-state index in [0.717, 1.165) is 12.1 Å². The van der Waals surface area contributed by atoms with E-state index >= 15 is 0 Å². The Bertz CT molecular complexity index is 453. The molecule has 0 radical (unpaired) electrons. The van der Waals surface area contributed by atoms with Crippen molar-refractivity contribution in [2.45, 2.75) is 13.8 Å². The van der Waals surface area contributed by atoms with Crippen LogP contribution in [0.1, 0.15) is 24.2 Å². The zero-order valence-electron chi connectivity index (χ0n) is 11.1. The van der Waals surface area contributed by atoms with Crippen LogP contribution in [0.3, 0.4) is 0 Å². The molecular formula is C13H18F2N2O2. The van der Waals surface area contributed by atoms with Gasteiger partial charge in [-0.25, -0.2) is 8.78 Å². The second kappa shape index (κ2) is 7.04. The molecule has 1 amide bonds. The fraction of sp³-hybridized carbons (Fsp3) is 0.462. The van der Waals surface area contributed by atoms with Crippen molar-refractivity contribution in [3.8, 4) is 0 Å². The summed E-state index contributed by atoms with van der Waals surface area (Å²) in [6.07, 6.45) is 0. The number of likely N-dealkylation sites (N-methyl/N-ethyl adjacent to an activating group) is 1. The molecule has 0 spiro atoms. The van der Waals surface area contributed by atoms with Gasteiger partial charge in [0.25, 0.3) is 5.91 Å². The molecule has 106 valence electrons. The van der Waals surface area contributed by atoms with Crippen molar-refractivity contribution in [2.75, 3.05) is 32.0 Å². The lowest BCUT2D eigenvalue weighted by atomic mass is 10.1. The molecule has 0 saturated heterocycles. The van der Waals surface area contributed by atoms with Gasteiger partial charge >= 0.3 is 0 Å². The van der Waals surface area contributed by atoms with Gasteiger partial charge in [-0.1, -0.05) is 0 Å². The van der Waals surface area contributed by atoms with Gasteiger partial charge < -0.3 is 15.4 Å². The highest BCUT2D eigenvalue weighted by molar-refractivity contribution is 5.95. The summed E-state index contributed by atoms with van der Waals surface area (Å²) < 4.78 is 32.1. The lowest BCUT2D eigenvalue weighted by molar-refractivity contribution is 0.0664. The fourth-order valence-electron chi connectivity index (χ4n) is 1.66. The first kappa shape index (κ1) is 15.4. The van der Waals surface area contributed by atoms with Crippen LogP contribution in [-0.4, -0.2) is 37.1 Å². The molecule has 0 saturated carbocycles. The number of hydrogen-bond acceptors (Lipinski definition) is 3. The van der Waals surface area contributed by atoms with E-state index in [4.69, 9.17) is 10.5 Å². The smallest absolute Gasteiger partial charge is 0.257 e. The number of rotatable bonds is 6. The Labute approximate surface area is 111 Å². The number of hydrogen-bond donors (Lipinski definition) is 1. The standard InChI is InChI=1S/C13H18F2N2O2/c1-3-17(5-6-19-4-2)13(18)10-7-9(14)8-11(16)12(10)15/h7-8H,3-6,16H2,1-2H3. The molecule has 0 aromatic heterocycles. The molecule has 0 unspecified atom stereocenters. The van der Waals surface area contributed by atoms with Crippen molar-refractivity contribution in [3.05, 3.63) is 29.3 Å². The van der Waals surface area contributed by atoms with Gasteiger partial charge in [0.1, 0.15) is 5.82 Å². The number of carbonyl (C=O) groups excluding carboxylic acids is 1. The van der Waals surface area contributed by atoms with E-state index in [1.165, 1.54) is 4.90 Å². The predicted molar refractivity (Wildman–Crippen MR) is 68.8 cm³/mol. The molecule has 1 rings (SSSR count). The quantitative estimate of drug-likeness (QED) is 0.637. The first-order chi connectivity index (χ1) is 9.01. The second-order valence-corrected chi connectivity index (χ2v) is 3.94. The monoisotopic (exact) mass is 272 g/mol. The fourth-order valence-corrected chi connectivity index (χ4v) is 1.66. The third-order valence-corrected chi connectivity index (χ3v) is 2.67. The first-order valence-corrected chi connectivity index (χ1v) is 6.12. The van der Waals surface area contributed by atoms with Gasteiger partial charge in [-0.3, -0.25) is 4.79 Å². The van der Waals surface area contributed by atoms with Crippen molar-refractivity contribution in [3.63, 3.8) is 0 Å². The summed E-state index contributed by atoms with van der Waals surface area (Å²) in [5, 5.41) is 0. The van der Waals surface area contributed by atoms with E-state index in [-0.39, 0.29) is 11.3 Å². The lowest BCUT2D eigenvalue weighted by Crippen LogP contribution is -2.34. The predicted octanol–water partition coefficient (Wildman–Crippen LogP) is 2.05. The lowest BCUT2D eigenvalue weighted by Gasteiger charge is -2.21. The summed E-state index contributed by atoms with van der Waals surface area (Å²) in [5.41, 5.74) is 4.59. The number of amides is 1. The Kier molecular flexibility index (Phi) is 5.69. The van der Waals surface area contributed by atoms with Gasteiger partial charge in [0.15, 0.2) is 5.82 Å². The highest BCUT2D eigenvalue weighted by Gasteiger charge is 2.20. The van der Waals surface area contributed by atoms with E-state index in [1.807, 2.05) is 6.92 Å². The summed E-state index contributed by atoms with van der Waals surface area (Å²) in [7, 11) is 0. The van der Waals surface area contributed by atoms with Crippen LogP contribution in [0.4, 0.5) is 14.5 Å². The van der Waals surface area contributed by atoms with E-state index in [1.54, 1.807) is 6.92 Å². The summed E-state index contributed by atoms with van der Waals surface area (Å²) in [6.45, 7) is 5.17. The van der Waals surface area contributed by atoms with Crippen molar-refractivity contribution in [2.24, 2.45) is 0 Å². The average Bonchev–Trinajstić information content (AvgIpc) is 2.38. The SMILES string of the molecule is CCOCCN(CC)C(=O)c1cc(F)cc(N)c1F. The average molecular weight is 272 g/mol. The number of nitrogen functional groups attached to an aromatic ring is 1. The summed E-state index contributed by atoms with van der Waals surface area (Å²) in [5.74, 6) is -2.21. The van der Waals surface area contributed by atoms with Crippen LogP contribution >= 0.6 is 0 Å². The number of anilines is 1. The molecule has 0 atom stereocenters. The molecule has 0 bridgehead atoms. The van der Waals surface area contributed by atoms with E-state index in [2.05, 4.69) is 0 Å². The van der Waals surface area contributed by atoms with Gasteiger partial charge in [0, 0.05) is 19.7 Å². The molecule has 1 aromatic rings. The minimum Gasteiger partial charge on any atom is -0.396 e. The van der Waals surface area contributed by atoms with Crippen LogP contribution in [0.15, 0.2) is 12.1 Å². The Morgan fingerprint density at radius 2 is 2.05 bits per heavy atom. The molecule has 0 aliphatic rings. The number of nitrogens with zero attached hydrogens (tertiary/aromatic N) is 1. The minimum absolute atomic E-state index is 0.318. The maximum absolute atomic E-state index is 13.7. The zero-order chi connectivity index (χ0) is 14.4. The molecule has 0 heterocycles. The number of benzene rings is 1. The van der Waals surface area contributed by atoms with Crippen LogP contribution in [0.2, 0.25) is 0 Å². The Morgan fingerprint density at radius 1 is 1.37 bits per heavy atom. The molecule has 0 aliphatic carbocycles. The third-order valence-electron chi connectivity index (χ3n) is 2.67. The van der Waals surface area contributed by atoms with Gasteiger partial charge in [-0.2, -0.15) is 0 Å². The Balaban J connectivity index is 2.91. The van der Waals surface area contributed by atoms with Crippen molar-refractivity contribution < 1.29 is 18.3 Å². The molecule has 19 heavy (non-hydrogen) atoms. The summed E-state index contributed by atoms with van der Waals surface area (Å²) in [4.78, 5) is 13.5. The normalized spacial score (nSPS) is 10.5. The van der Waals surface area contributed by atoms with Crippen molar-refractivity contribution in [1.82, 2.24) is 4.90 Å². The Hall–Kier alpha value is -1.69. The summed E-state index contributed by atoms with van der Waals surface area (Å²) in [6, 6.07) is 1.71. The van der Waals surface area contributed by atoms with Crippen molar-refractivity contribution >= 4 is 11.6 Å². The van der Waals surface area contributed by atoms with E-state index < -0.39 is 17.5 Å². The zero-order valence-corrected chi connectivity index (χ0v) is 11.1. The highest BCUT2D eigenvalue weighted by Crippen LogP contribution is 2.19. The number of ether oxygens (including phenoxy) is 1. The van der Waals surface area contributed by atoms with Crippen LogP contribution in [0.25, 0.3) is 0 Å². The van der Waals surface area contributed by atoms with Gasteiger partial charge in [-0.05, 0) is 26.0 Å². The molecule has 2 N–H and O–H groups in total. The molecule has 4 nitrogen and oxygen atoms in total. The van der Waals surface area contributed by atoms with Crippen LogP contribution in [0, 0.1) is 11.6 Å². The second-order valence-electron chi connectivity index (χ2n) is 3.94. The number of carbonyl (C=O) groups is 1. The minimum atomic E-state index is -0.888. The molecule has 0 fully saturated rings. The van der Waals surface area contributed by atoms with Crippen LogP contribution < -0.4 is 5.73 Å². The Morgan fingerprint density at radius 3 is 2.63 bits per heavy atom. The number of halogens is 2. The maximum Gasteiger partial charge on any atom is 0.257 e. The first-order valence-electron chi connectivity index (χ1n) is 6.12. The molecule has 0 aliphatic heterocycles. The van der Waals surface area contributed by atoms with Crippen LogP contribution in [0.5, 0.6) is 0 Å². The van der Waals surface area contributed by atoms with E-state index in [9.17, 15) is 13.6 Å². The molecular weight excluding hydrogens is 254 g/mol. The topological polar surface area (TPSA) is 55.6 Å². The molecule has 1 aromatic carbocycles.